The number of alkyl carbamates (subject to hydrolysis) is 1. The molecule has 2 N–H and O–H groups in total. The Morgan fingerprint density at radius 3 is 2.33 bits per heavy atom. The fourth-order valence-corrected chi connectivity index (χ4v) is 1.65. The maximum atomic E-state index is 12.4. The van der Waals surface area contributed by atoms with Crippen molar-refractivity contribution in [1.29, 1.82) is 0 Å². The third kappa shape index (κ3) is 7.70. The van der Waals surface area contributed by atoms with Gasteiger partial charge >= 0.3 is 12.3 Å². The lowest BCUT2D eigenvalue weighted by Gasteiger charge is -2.10. The van der Waals surface area contributed by atoms with Crippen molar-refractivity contribution in [2.24, 2.45) is 0 Å². The van der Waals surface area contributed by atoms with Gasteiger partial charge in [0.1, 0.15) is 12.4 Å². The summed E-state index contributed by atoms with van der Waals surface area (Å²) in [5, 5.41) is 4.96. The molecule has 0 aliphatic carbocycles. The zero-order valence-electron chi connectivity index (χ0n) is 13.1. The Hall–Kier alpha value is -2.45. The Morgan fingerprint density at radius 1 is 1.08 bits per heavy atom. The van der Waals surface area contributed by atoms with E-state index in [9.17, 15) is 22.8 Å². The van der Waals surface area contributed by atoms with Crippen molar-refractivity contribution < 1.29 is 32.2 Å². The highest BCUT2D eigenvalue weighted by Gasteiger charge is 2.29. The van der Waals surface area contributed by atoms with Gasteiger partial charge in [-0.25, -0.2) is 4.79 Å². The van der Waals surface area contributed by atoms with Crippen molar-refractivity contribution in [2.75, 3.05) is 26.3 Å². The molecule has 0 unspecified atom stereocenters. The van der Waals surface area contributed by atoms with E-state index in [0.29, 0.717) is 0 Å². The van der Waals surface area contributed by atoms with Crippen molar-refractivity contribution in [1.82, 2.24) is 10.6 Å². The minimum Gasteiger partial charge on any atom is -0.492 e. The van der Waals surface area contributed by atoms with E-state index < -0.39 is 17.8 Å². The first-order valence-electron chi connectivity index (χ1n) is 7.30. The van der Waals surface area contributed by atoms with Crippen molar-refractivity contribution >= 4 is 12.0 Å². The topological polar surface area (TPSA) is 76.7 Å². The number of nitrogens with one attached hydrogen (secondary N) is 2. The molecule has 1 aromatic rings. The van der Waals surface area contributed by atoms with E-state index >= 15 is 0 Å². The molecule has 6 nitrogen and oxygen atoms in total. The standard InChI is InChI=1S/C15H19F3N2O4/c1-2-23-14(22)20-8-7-13(21)19-9-10-24-12-5-3-11(4-6-12)15(16,17)18/h3-6H,2,7-10H2,1H3,(H,19,21)(H,20,22). The van der Waals surface area contributed by atoms with Gasteiger partial charge in [0.2, 0.25) is 5.91 Å². The number of carbonyl (C=O) groups excluding carboxylic acids is 2. The Balaban J connectivity index is 2.17. The lowest BCUT2D eigenvalue weighted by molar-refractivity contribution is -0.137. The molecule has 134 valence electrons. The number of ether oxygens (including phenoxy) is 2. The van der Waals surface area contributed by atoms with Crippen molar-refractivity contribution in [2.45, 2.75) is 19.5 Å². The van der Waals surface area contributed by atoms with Crippen LogP contribution in [0.4, 0.5) is 18.0 Å². The van der Waals surface area contributed by atoms with Gasteiger partial charge in [-0.1, -0.05) is 0 Å². The quantitative estimate of drug-likeness (QED) is 0.707. The highest BCUT2D eigenvalue weighted by atomic mass is 19.4. The molecule has 0 aliphatic heterocycles. The molecule has 0 bridgehead atoms. The van der Waals surface area contributed by atoms with E-state index in [0.717, 1.165) is 12.1 Å². The van der Waals surface area contributed by atoms with E-state index in [4.69, 9.17) is 4.74 Å². The van der Waals surface area contributed by atoms with Crippen molar-refractivity contribution in [3.63, 3.8) is 0 Å². The molecular formula is C15H19F3N2O4. The van der Waals surface area contributed by atoms with Gasteiger partial charge in [-0.2, -0.15) is 13.2 Å². The third-order valence-corrected chi connectivity index (χ3v) is 2.77. The minimum atomic E-state index is -4.38. The second-order valence-electron chi connectivity index (χ2n) is 4.62. The average Bonchev–Trinajstić information content (AvgIpc) is 2.51. The Bertz CT molecular complexity index is 533. The smallest absolute Gasteiger partial charge is 0.416 e. The van der Waals surface area contributed by atoms with Crippen LogP contribution in [0.3, 0.4) is 0 Å². The second-order valence-corrected chi connectivity index (χ2v) is 4.62. The Kier molecular flexibility index (Phi) is 7.87. The fraction of sp³-hybridized carbons (Fsp3) is 0.467. The van der Waals surface area contributed by atoms with E-state index in [1.165, 1.54) is 12.1 Å². The third-order valence-electron chi connectivity index (χ3n) is 2.77. The zero-order chi connectivity index (χ0) is 18.0. The molecule has 0 fully saturated rings. The van der Waals surface area contributed by atoms with Gasteiger partial charge in [0.05, 0.1) is 18.7 Å². The predicted octanol–water partition coefficient (Wildman–Crippen LogP) is 2.34. The SMILES string of the molecule is CCOC(=O)NCCC(=O)NCCOc1ccc(C(F)(F)F)cc1. The van der Waals surface area contributed by atoms with Crippen LogP contribution in [0.5, 0.6) is 5.75 Å². The fourth-order valence-electron chi connectivity index (χ4n) is 1.65. The van der Waals surface area contributed by atoms with Gasteiger partial charge in [-0.15, -0.1) is 0 Å². The van der Waals surface area contributed by atoms with Gasteiger partial charge in [0.25, 0.3) is 0 Å². The van der Waals surface area contributed by atoms with Crippen LogP contribution in [0, 0.1) is 0 Å². The Morgan fingerprint density at radius 2 is 1.75 bits per heavy atom. The zero-order valence-corrected chi connectivity index (χ0v) is 13.1. The highest BCUT2D eigenvalue weighted by Crippen LogP contribution is 2.30. The van der Waals surface area contributed by atoms with E-state index in [-0.39, 0.29) is 44.4 Å². The molecule has 24 heavy (non-hydrogen) atoms. The molecule has 0 spiro atoms. The average molecular weight is 348 g/mol. The van der Waals surface area contributed by atoms with Crippen LogP contribution >= 0.6 is 0 Å². The maximum absolute atomic E-state index is 12.4. The summed E-state index contributed by atoms with van der Waals surface area (Å²) in [5.41, 5.74) is -0.753. The number of benzene rings is 1. The lowest BCUT2D eigenvalue weighted by atomic mass is 10.2. The van der Waals surface area contributed by atoms with E-state index in [1.54, 1.807) is 6.92 Å². The molecule has 0 aromatic heterocycles. The molecule has 0 saturated carbocycles. The summed E-state index contributed by atoms with van der Waals surface area (Å²) in [5.74, 6) is -0.0101. The second kappa shape index (κ2) is 9.64. The van der Waals surface area contributed by atoms with Crippen molar-refractivity contribution in [3.8, 4) is 5.75 Å². The lowest BCUT2D eigenvalue weighted by Crippen LogP contribution is -2.32. The molecular weight excluding hydrogens is 329 g/mol. The first kappa shape index (κ1) is 19.6. The number of hydrogen-bond acceptors (Lipinski definition) is 4. The van der Waals surface area contributed by atoms with Crippen LogP contribution in [0.1, 0.15) is 18.9 Å². The number of amides is 2. The molecule has 0 atom stereocenters. The van der Waals surface area contributed by atoms with Gasteiger partial charge in [-0.05, 0) is 31.2 Å². The summed E-state index contributed by atoms with van der Waals surface area (Å²) in [6, 6.07) is 4.28. The molecule has 0 aliphatic rings. The summed E-state index contributed by atoms with van der Waals surface area (Å²) < 4.78 is 47.0. The van der Waals surface area contributed by atoms with E-state index in [2.05, 4.69) is 15.4 Å². The number of hydrogen-bond donors (Lipinski definition) is 2. The number of rotatable bonds is 8. The Labute approximate surface area is 137 Å². The van der Waals surface area contributed by atoms with Gasteiger partial charge in [-0.3, -0.25) is 4.79 Å². The van der Waals surface area contributed by atoms with Gasteiger partial charge in [0.15, 0.2) is 0 Å². The monoisotopic (exact) mass is 348 g/mol. The van der Waals surface area contributed by atoms with Crippen LogP contribution < -0.4 is 15.4 Å². The summed E-state index contributed by atoms with van der Waals surface area (Å²) in [4.78, 5) is 22.4. The summed E-state index contributed by atoms with van der Waals surface area (Å²) >= 11 is 0. The van der Waals surface area contributed by atoms with Crippen LogP contribution in [0.15, 0.2) is 24.3 Å². The largest absolute Gasteiger partial charge is 0.492 e. The predicted molar refractivity (Wildman–Crippen MR) is 79.6 cm³/mol. The number of alkyl halides is 3. The molecule has 1 aromatic carbocycles. The maximum Gasteiger partial charge on any atom is 0.416 e. The summed E-state index contributed by atoms with van der Waals surface area (Å²) in [6.07, 6.45) is -4.89. The molecule has 0 heterocycles. The first-order valence-corrected chi connectivity index (χ1v) is 7.30. The molecule has 2 amide bonds. The number of carbonyl (C=O) groups is 2. The summed E-state index contributed by atoms with van der Waals surface area (Å²) in [6.45, 7) is 2.37. The first-order chi connectivity index (χ1) is 11.3. The van der Waals surface area contributed by atoms with Gasteiger partial charge in [0, 0.05) is 13.0 Å². The van der Waals surface area contributed by atoms with Crippen LogP contribution in [0.25, 0.3) is 0 Å². The van der Waals surface area contributed by atoms with Crippen molar-refractivity contribution in [3.05, 3.63) is 29.8 Å². The molecule has 9 heteroatoms. The summed E-state index contributed by atoms with van der Waals surface area (Å²) in [7, 11) is 0. The molecule has 0 radical (unpaired) electrons. The van der Waals surface area contributed by atoms with Crippen LogP contribution in [-0.2, 0) is 15.7 Å². The molecule has 1 rings (SSSR count). The highest BCUT2D eigenvalue weighted by molar-refractivity contribution is 5.76. The minimum absolute atomic E-state index is 0.0824. The molecule has 0 saturated heterocycles. The number of halogens is 3. The van der Waals surface area contributed by atoms with Crippen LogP contribution in [-0.4, -0.2) is 38.3 Å². The normalized spacial score (nSPS) is 10.8. The van der Waals surface area contributed by atoms with Crippen LogP contribution in [0.2, 0.25) is 0 Å². The van der Waals surface area contributed by atoms with Gasteiger partial charge < -0.3 is 20.1 Å². The van der Waals surface area contributed by atoms with E-state index in [1.807, 2.05) is 0 Å².